The monoisotopic (exact) mass is 261 g/mol. The molecule has 0 aliphatic carbocycles. The van der Waals surface area contributed by atoms with E-state index in [1.54, 1.807) is 20.8 Å². The molecule has 0 aromatic carbocycles. The highest BCUT2D eigenvalue weighted by atomic mass is 16.6. The van der Waals surface area contributed by atoms with Gasteiger partial charge in [-0.3, -0.25) is 4.90 Å². The van der Waals surface area contributed by atoms with Gasteiger partial charge >= 0.3 is 12.1 Å². The van der Waals surface area contributed by atoms with E-state index in [9.17, 15) is 19.8 Å². The van der Waals surface area contributed by atoms with Crippen LogP contribution in [0.3, 0.4) is 0 Å². The minimum absolute atomic E-state index is 0.171. The van der Waals surface area contributed by atoms with E-state index < -0.39 is 35.9 Å². The molecular formula is C11H19NO6. The van der Waals surface area contributed by atoms with Crippen molar-refractivity contribution in [2.45, 2.75) is 44.6 Å². The lowest BCUT2D eigenvalue weighted by Crippen LogP contribution is -2.47. The third-order valence-corrected chi connectivity index (χ3v) is 2.51. The van der Waals surface area contributed by atoms with Crippen LogP contribution in [-0.4, -0.2) is 64.7 Å². The second kappa shape index (κ2) is 5.11. The Hall–Kier alpha value is -1.34. The van der Waals surface area contributed by atoms with Gasteiger partial charge in [0.05, 0.1) is 13.7 Å². The third-order valence-electron chi connectivity index (χ3n) is 2.51. The van der Waals surface area contributed by atoms with Gasteiger partial charge in [-0.05, 0) is 20.8 Å². The summed E-state index contributed by atoms with van der Waals surface area (Å²) in [6, 6.07) is -1.24. The van der Waals surface area contributed by atoms with E-state index >= 15 is 0 Å². The minimum atomic E-state index is -1.37. The number of amides is 1. The smallest absolute Gasteiger partial charge is 0.411 e. The quantitative estimate of drug-likeness (QED) is 0.618. The van der Waals surface area contributed by atoms with Crippen LogP contribution in [0.2, 0.25) is 0 Å². The SMILES string of the molecule is COC(=O)[C@@H]1[C@H](O)[C@H](O)CN1C(=O)OC(C)(C)C. The lowest BCUT2D eigenvalue weighted by atomic mass is 10.1. The van der Waals surface area contributed by atoms with Crippen LogP contribution in [0, 0.1) is 0 Å². The number of rotatable bonds is 1. The lowest BCUT2D eigenvalue weighted by Gasteiger charge is -2.27. The molecule has 1 rings (SSSR count). The Balaban J connectivity index is 2.86. The molecule has 0 bridgehead atoms. The number of likely N-dealkylation sites (tertiary alicyclic amines) is 1. The summed E-state index contributed by atoms with van der Waals surface area (Å²) < 4.78 is 9.60. The third kappa shape index (κ3) is 3.11. The van der Waals surface area contributed by atoms with E-state index in [0.29, 0.717) is 0 Å². The van der Waals surface area contributed by atoms with Crippen molar-refractivity contribution in [3.63, 3.8) is 0 Å². The molecule has 1 fully saturated rings. The highest BCUT2D eigenvalue weighted by Crippen LogP contribution is 2.22. The summed E-state index contributed by atoms with van der Waals surface area (Å²) in [4.78, 5) is 24.3. The first-order valence-corrected chi connectivity index (χ1v) is 5.61. The highest BCUT2D eigenvalue weighted by molar-refractivity contribution is 5.83. The van der Waals surface area contributed by atoms with Crippen LogP contribution in [0.4, 0.5) is 4.79 Å². The minimum Gasteiger partial charge on any atom is -0.467 e. The second-order valence-corrected chi connectivity index (χ2v) is 5.16. The fourth-order valence-electron chi connectivity index (χ4n) is 1.71. The molecule has 0 aromatic rings. The molecule has 7 nitrogen and oxygen atoms in total. The average Bonchev–Trinajstić information content (AvgIpc) is 2.52. The van der Waals surface area contributed by atoms with Gasteiger partial charge in [0.2, 0.25) is 0 Å². The molecule has 0 saturated carbocycles. The number of esters is 1. The van der Waals surface area contributed by atoms with E-state index in [4.69, 9.17) is 4.74 Å². The first-order valence-electron chi connectivity index (χ1n) is 5.61. The molecule has 104 valence electrons. The molecule has 3 atom stereocenters. The van der Waals surface area contributed by atoms with Crippen molar-refractivity contribution in [1.29, 1.82) is 0 Å². The molecule has 18 heavy (non-hydrogen) atoms. The molecule has 0 radical (unpaired) electrons. The zero-order chi connectivity index (χ0) is 14.1. The summed E-state index contributed by atoms with van der Waals surface area (Å²) in [5.41, 5.74) is -0.726. The summed E-state index contributed by atoms with van der Waals surface area (Å²) in [6.07, 6.45) is -3.33. The fourth-order valence-corrected chi connectivity index (χ4v) is 1.71. The molecule has 1 saturated heterocycles. The Morgan fingerprint density at radius 2 is 1.83 bits per heavy atom. The van der Waals surface area contributed by atoms with Gasteiger partial charge < -0.3 is 19.7 Å². The number of hydrogen-bond donors (Lipinski definition) is 2. The molecule has 1 amide bonds. The number of hydrogen-bond acceptors (Lipinski definition) is 6. The molecule has 1 heterocycles. The van der Waals surface area contributed by atoms with Crippen molar-refractivity contribution < 1.29 is 29.3 Å². The maximum absolute atomic E-state index is 11.9. The highest BCUT2D eigenvalue weighted by Gasteiger charge is 2.48. The van der Waals surface area contributed by atoms with Crippen LogP contribution in [0.1, 0.15) is 20.8 Å². The maximum atomic E-state index is 11.9. The van der Waals surface area contributed by atoms with Crippen molar-refractivity contribution in [2.75, 3.05) is 13.7 Å². The molecule has 2 N–H and O–H groups in total. The van der Waals surface area contributed by atoms with Crippen LogP contribution < -0.4 is 0 Å². The van der Waals surface area contributed by atoms with Crippen LogP contribution in [-0.2, 0) is 14.3 Å². The number of carbonyl (C=O) groups excluding carboxylic acids is 2. The van der Waals surface area contributed by atoms with Gasteiger partial charge in [-0.25, -0.2) is 9.59 Å². The average molecular weight is 261 g/mol. The predicted octanol–water partition coefficient (Wildman–Crippen LogP) is -0.500. The Morgan fingerprint density at radius 3 is 2.28 bits per heavy atom. The number of carbonyl (C=O) groups is 2. The van der Waals surface area contributed by atoms with Crippen molar-refractivity contribution >= 4 is 12.1 Å². The van der Waals surface area contributed by atoms with Gasteiger partial charge in [0, 0.05) is 0 Å². The first kappa shape index (κ1) is 14.7. The largest absolute Gasteiger partial charge is 0.467 e. The van der Waals surface area contributed by atoms with Gasteiger partial charge in [-0.1, -0.05) is 0 Å². The van der Waals surface area contributed by atoms with E-state index in [2.05, 4.69) is 4.74 Å². The van der Waals surface area contributed by atoms with E-state index in [1.165, 1.54) is 0 Å². The van der Waals surface area contributed by atoms with Crippen LogP contribution in [0.15, 0.2) is 0 Å². The number of nitrogens with zero attached hydrogens (tertiary/aromatic N) is 1. The number of ether oxygens (including phenoxy) is 2. The van der Waals surface area contributed by atoms with Crippen molar-refractivity contribution in [3.8, 4) is 0 Å². The zero-order valence-corrected chi connectivity index (χ0v) is 10.9. The zero-order valence-electron chi connectivity index (χ0n) is 10.9. The Morgan fingerprint density at radius 1 is 1.28 bits per heavy atom. The Labute approximate surface area is 105 Å². The molecule has 0 unspecified atom stereocenters. The normalized spacial score (nSPS) is 28.1. The number of methoxy groups -OCH3 is 1. The van der Waals surface area contributed by atoms with Crippen LogP contribution >= 0.6 is 0 Å². The van der Waals surface area contributed by atoms with Crippen molar-refractivity contribution in [1.82, 2.24) is 4.90 Å². The van der Waals surface area contributed by atoms with Gasteiger partial charge in [0.1, 0.15) is 17.8 Å². The molecule has 0 spiro atoms. The summed E-state index contributed by atoms with van der Waals surface area (Å²) >= 11 is 0. The van der Waals surface area contributed by atoms with E-state index in [1.807, 2.05) is 0 Å². The Kier molecular flexibility index (Phi) is 4.18. The van der Waals surface area contributed by atoms with E-state index in [0.717, 1.165) is 12.0 Å². The fraction of sp³-hybridized carbons (Fsp3) is 0.818. The predicted molar refractivity (Wildman–Crippen MR) is 60.8 cm³/mol. The van der Waals surface area contributed by atoms with E-state index in [-0.39, 0.29) is 6.54 Å². The molecular weight excluding hydrogens is 242 g/mol. The van der Waals surface area contributed by atoms with Crippen LogP contribution in [0.5, 0.6) is 0 Å². The van der Waals surface area contributed by atoms with Gasteiger partial charge in [-0.15, -0.1) is 0 Å². The van der Waals surface area contributed by atoms with Gasteiger partial charge in [0.25, 0.3) is 0 Å². The van der Waals surface area contributed by atoms with Gasteiger partial charge in [0.15, 0.2) is 6.04 Å². The standard InChI is InChI=1S/C11H19NO6/c1-11(2,3)18-10(16)12-5-6(13)8(14)7(12)9(15)17-4/h6-8,13-14H,5H2,1-4H3/t6-,7+,8-/m1/s1. The lowest BCUT2D eigenvalue weighted by molar-refractivity contribution is -0.149. The number of aliphatic hydroxyl groups is 2. The number of aliphatic hydroxyl groups excluding tert-OH is 2. The van der Waals surface area contributed by atoms with Crippen molar-refractivity contribution in [2.24, 2.45) is 0 Å². The first-order chi connectivity index (χ1) is 8.17. The Bertz CT molecular complexity index is 337. The summed E-state index contributed by atoms with van der Waals surface area (Å²) in [6.45, 7) is 4.87. The molecule has 1 aliphatic heterocycles. The molecule has 1 aliphatic rings. The maximum Gasteiger partial charge on any atom is 0.411 e. The van der Waals surface area contributed by atoms with Crippen LogP contribution in [0.25, 0.3) is 0 Å². The molecule has 0 aromatic heterocycles. The van der Waals surface area contributed by atoms with Crippen molar-refractivity contribution in [3.05, 3.63) is 0 Å². The topological polar surface area (TPSA) is 96.3 Å². The molecule has 7 heteroatoms. The van der Waals surface area contributed by atoms with Gasteiger partial charge in [-0.2, -0.15) is 0 Å². The summed E-state index contributed by atoms with van der Waals surface area (Å²) in [7, 11) is 1.15. The number of β-amino-alcohol motifs (C(OH)–C–C–N with tert-alkyl or cyclic N) is 1. The second-order valence-electron chi connectivity index (χ2n) is 5.16. The summed E-state index contributed by atoms with van der Waals surface area (Å²) in [5, 5.41) is 19.2. The summed E-state index contributed by atoms with van der Waals surface area (Å²) in [5.74, 6) is -0.787.